The first-order chi connectivity index (χ1) is 6.39. The smallest absolute Gasteiger partial charge is 0.404 e. The molecular formula is C7H11F3N2O2. The van der Waals surface area contributed by atoms with Crippen LogP contribution in [-0.2, 0) is 0 Å². The van der Waals surface area contributed by atoms with Gasteiger partial charge in [0.05, 0.1) is 5.92 Å². The lowest BCUT2D eigenvalue weighted by atomic mass is 9.95. The Morgan fingerprint density at radius 3 is 2.57 bits per heavy atom. The molecule has 1 amide bonds. The summed E-state index contributed by atoms with van der Waals surface area (Å²) in [5.41, 5.74) is 0. The molecule has 0 bridgehead atoms. The first-order valence-electron chi connectivity index (χ1n) is 4.16. The SMILES string of the molecule is O=C(O)N[C@H]1CNC[C@@H](C(F)(F)F)C1. The number of piperidine rings is 1. The molecule has 1 aliphatic heterocycles. The van der Waals surface area contributed by atoms with Crippen LogP contribution in [0.15, 0.2) is 0 Å². The molecule has 14 heavy (non-hydrogen) atoms. The third-order valence-electron chi connectivity index (χ3n) is 2.14. The summed E-state index contributed by atoms with van der Waals surface area (Å²) in [7, 11) is 0. The third-order valence-corrected chi connectivity index (χ3v) is 2.14. The molecule has 0 aromatic rings. The fraction of sp³-hybridized carbons (Fsp3) is 0.857. The maximum Gasteiger partial charge on any atom is 0.404 e. The highest BCUT2D eigenvalue weighted by Gasteiger charge is 2.42. The Balaban J connectivity index is 2.48. The Bertz CT molecular complexity index is 219. The van der Waals surface area contributed by atoms with Gasteiger partial charge in [-0.1, -0.05) is 0 Å². The maximum absolute atomic E-state index is 12.2. The maximum atomic E-state index is 12.2. The summed E-state index contributed by atoms with van der Waals surface area (Å²) in [6, 6.07) is -0.659. The summed E-state index contributed by atoms with van der Waals surface area (Å²) in [5.74, 6) is -1.46. The molecule has 1 aliphatic rings. The van der Waals surface area contributed by atoms with Crippen LogP contribution in [0.3, 0.4) is 0 Å². The van der Waals surface area contributed by atoms with Crippen LogP contribution >= 0.6 is 0 Å². The van der Waals surface area contributed by atoms with Gasteiger partial charge in [-0.05, 0) is 6.42 Å². The number of hydrogen-bond donors (Lipinski definition) is 3. The molecule has 82 valence electrons. The highest BCUT2D eigenvalue weighted by Crippen LogP contribution is 2.30. The molecule has 0 aromatic heterocycles. The Morgan fingerprint density at radius 1 is 1.43 bits per heavy atom. The van der Waals surface area contributed by atoms with Crippen molar-refractivity contribution in [1.82, 2.24) is 10.6 Å². The van der Waals surface area contributed by atoms with Crippen molar-refractivity contribution in [3.63, 3.8) is 0 Å². The number of hydrogen-bond acceptors (Lipinski definition) is 2. The number of nitrogens with one attached hydrogen (secondary N) is 2. The molecule has 1 saturated heterocycles. The van der Waals surface area contributed by atoms with Gasteiger partial charge in [-0.3, -0.25) is 0 Å². The van der Waals surface area contributed by atoms with E-state index in [0.29, 0.717) is 0 Å². The van der Waals surface area contributed by atoms with Gasteiger partial charge >= 0.3 is 12.3 Å². The van der Waals surface area contributed by atoms with E-state index < -0.39 is 24.2 Å². The highest BCUT2D eigenvalue weighted by molar-refractivity contribution is 5.64. The minimum atomic E-state index is -4.26. The minimum Gasteiger partial charge on any atom is -0.465 e. The predicted molar refractivity (Wildman–Crippen MR) is 42.0 cm³/mol. The van der Waals surface area contributed by atoms with Crippen molar-refractivity contribution >= 4 is 6.09 Å². The summed E-state index contributed by atoms with van der Waals surface area (Å²) in [6.07, 6.45) is -5.74. The van der Waals surface area contributed by atoms with Gasteiger partial charge in [-0.2, -0.15) is 13.2 Å². The van der Waals surface area contributed by atoms with E-state index >= 15 is 0 Å². The minimum absolute atomic E-state index is 0.138. The van der Waals surface area contributed by atoms with E-state index in [0.717, 1.165) is 0 Å². The second kappa shape index (κ2) is 4.04. The quantitative estimate of drug-likeness (QED) is 0.602. The largest absolute Gasteiger partial charge is 0.465 e. The standard InChI is InChI=1S/C7H11F3N2O2/c8-7(9,10)4-1-5(3-11-2-4)12-6(13)14/h4-5,11-12H,1-3H2,(H,13,14)/t4-,5+/m0/s1. The molecule has 0 aromatic carbocycles. The Labute approximate surface area is 78.5 Å². The summed E-state index contributed by atoms with van der Waals surface area (Å²) >= 11 is 0. The molecule has 1 heterocycles. The van der Waals surface area contributed by atoms with Gasteiger partial charge in [-0.25, -0.2) is 4.79 Å². The average molecular weight is 212 g/mol. The van der Waals surface area contributed by atoms with Gasteiger partial charge in [0.1, 0.15) is 0 Å². The number of amides is 1. The molecule has 7 heteroatoms. The van der Waals surface area contributed by atoms with Gasteiger partial charge < -0.3 is 15.7 Å². The van der Waals surface area contributed by atoms with Crippen LogP contribution in [0.1, 0.15) is 6.42 Å². The zero-order valence-electron chi connectivity index (χ0n) is 7.27. The molecule has 2 atom stereocenters. The first kappa shape index (κ1) is 11.1. The highest BCUT2D eigenvalue weighted by atomic mass is 19.4. The molecule has 0 unspecified atom stereocenters. The molecule has 0 aliphatic carbocycles. The van der Waals surface area contributed by atoms with Crippen LogP contribution in [0.4, 0.5) is 18.0 Å². The van der Waals surface area contributed by atoms with Crippen LogP contribution in [0.5, 0.6) is 0 Å². The summed E-state index contributed by atoms with van der Waals surface area (Å²) < 4.78 is 36.7. The molecule has 3 N–H and O–H groups in total. The zero-order valence-corrected chi connectivity index (χ0v) is 7.27. The van der Waals surface area contributed by atoms with E-state index in [1.165, 1.54) is 0 Å². The zero-order chi connectivity index (χ0) is 10.8. The van der Waals surface area contributed by atoms with Crippen molar-refractivity contribution < 1.29 is 23.1 Å². The molecule has 4 nitrogen and oxygen atoms in total. The first-order valence-corrected chi connectivity index (χ1v) is 4.16. The monoisotopic (exact) mass is 212 g/mol. The third kappa shape index (κ3) is 3.06. The lowest BCUT2D eigenvalue weighted by molar-refractivity contribution is -0.179. The molecule has 1 fully saturated rings. The second-order valence-electron chi connectivity index (χ2n) is 3.28. The van der Waals surface area contributed by atoms with E-state index in [2.05, 4.69) is 5.32 Å². The molecule has 1 rings (SSSR count). The summed E-state index contributed by atoms with van der Waals surface area (Å²) in [6.45, 7) is 0.111. The van der Waals surface area contributed by atoms with Crippen molar-refractivity contribution in [2.24, 2.45) is 5.92 Å². The van der Waals surface area contributed by atoms with Crippen LogP contribution in [0.25, 0.3) is 0 Å². The average Bonchev–Trinajstić information content (AvgIpc) is 2.01. The molecule has 0 saturated carbocycles. The fourth-order valence-electron chi connectivity index (χ4n) is 1.48. The van der Waals surface area contributed by atoms with Gasteiger partial charge in [0.2, 0.25) is 0 Å². The van der Waals surface area contributed by atoms with Gasteiger partial charge in [0.25, 0.3) is 0 Å². The lowest BCUT2D eigenvalue weighted by Gasteiger charge is -2.30. The van der Waals surface area contributed by atoms with E-state index in [-0.39, 0.29) is 19.5 Å². The number of rotatable bonds is 1. The van der Waals surface area contributed by atoms with Crippen LogP contribution in [-0.4, -0.2) is 36.5 Å². The van der Waals surface area contributed by atoms with Crippen molar-refractivity contribution in [3.05, 3.63) is 0 Å². The van der Waals surface area contributed by atoms with Gasteiger partial charge in [-0.15, -0.1) is 0 Å². The van der Waals surface area contributed by atoms with E-state index in [4.69, 9.17) is 5.11 Å². The number of carboxylic acid groups (broad SMARTS) is 1. The van der Waals surface area contributed by atoms with Gasteiger partial charge in [0.15, 0.2) is 0 Å². The molecule has 0 spiro atoms. The van der Waals surface area contributed by atoms with E-state index in [9.17, 15) is 18.0 Å². The Morgan fingerprint density at radius 2 is 2.07 bits per heavy atom. The van der Waals surface area contributed by atoms with Crippen LogP contribution in [0, 0.1) is 5.92 Å². The van der Waals surface area contributed by atoms with Crippen molar-refractivity contribution in [2.75, 3.05) is 13.1 Å². The lowest BCUT2D eigenvalue weighted by Crippen LogP contribution is -2.51. The van der Waals surface area contributed by atoms with Crippen molar-refractivity contribution in [3.8, 4) is 0 Å². The second-order valence-corrected chi connectivity index (χ2v) is 3.28. The predicted octanol–water partition coefficient (Wildman–Crippen LogP) is 0.794. The summed E-state index contributed by atoms with van der Waals surface area (Å²) in [5, 5.41) is 12.9. The van der Waals surface area contributed by atoms with E-state index in [1.807, 2.05) is 5.32 Å². The Hall–Kier alpha value is -0.980. The number of carbonyl (C=O) groups is 1. The van der Waals surface area contributed by atoms with Crippen LogP contribution in [0.2, 0.25) is 0 Å². The molecular weight excluding hydrogens is 201 g/mol. The van der Waals surface area contributed by atoms with Crippen LogP contribution < -0.4 is 10.6 Å². The Kier molecular flexibility index (Phi) is 3.20. The van der Waals surface area contributed by atoms with Crippen molar-refractivity contribution in [2.45, 2.75) is 18.6 Å². The number of alkyl halides is 3. The normalized spacial score (nSPS) is 28.5. The van der Waals surface area contributed by atoms with Gasteiger partial charge in [0, 0.05) is 19.1 Å². The number of halogens is 3. The summed E-state index contributed by atoms with van der Waals surface area (Å²) in [4.78, 5) is 10.2. The fourth-order valence-corrected chi connectivity index (χ4v) is 1.48. The topological polar surface area (TPSA) is 61.4 Å². The molecule has 0 radical (unpaired) electrons. The van der Waals surface area contributed by atoms with Crippen molar-refractivity contribution in [1.29, 1.82) is 0 Å². The van der Waals surface area contributed by atoms with E-state index in [1.54, 1.807) is 0 Å².